The highest BCUT2D eigenvalue weighted by molar-refractivity contribution is 7.98. The molecule has 0 atom stereocenters. The van der Waals surface area contributed by atoms with Gasteiger partial charge in [-0.2, -0.15) is 4.31 Å². The summed E-state index contributed by atoms with van der Waals surface area (Å²) in [6.07, 6.45) is 6.62. The van der Waals surface area contributed by atoms with E-state index in [0.29, 0.717) is 30.8 Å². The van der Waals surface area contributed by atoms with E-state index in [1.807, 2.05) is 20.1 Å². The number of aromatic nitrogens is 2. The number of anilines is 1. The van der Waals surface area contributed by atoms with Crippen LogP contribution in [0.4, 0.5) is 5.69 Å². The lowest BCUT2D eigenvalue weighted by Crippen LogP contribution is -2.32. The van der Waals surface area contributed by atoms with Crippen LogP contribution in [0.25, 0.3) is 0 Å². The van der Waals surface area contributed by atoms with E-state index >= 15 is 0 Å². The molecule has 32 heavy (non-hydrogen) atoms. The van der Waals surface area contributed by atoms with E-state index in [1.54, 1.807) is 29.4 Å². The summed E-state index contributed by atoms with van der Waals surface area (Å²) in [6.45, 7) is 6.76. The van der Waals surface area contributed by atoms with Crippen LogP contribution in [-0.4, -0.2) is 47.9 Å². The first-order valence-corrected chi connectivity index (χ1v) is 13.7. The van der Waals surface area contributed by atoms with Crippen LogP contribution >= 0.6 is 11.8 Å². The fourth-order valence-electron chi connectivity index (χ4n) is 4.00. The number of nitrogens with one attached hydrogen (secondary N) is 1. The second-order valence-electron chi connectivity index (χ2n) is 8.21. The van der Waals surface area contributed by atoms with Crippen molar-refractivity contribution >= 4 is 33.4 Å². The Hall–Kier alpha value is -1.97. The van der Waals surface area contributed by atoms with Crippen molar-refractivity contribution in [2.75, 3.05) is 24.7 Å². The maximum atomic E-state index is 13.2. The van der Waals surface area contributed by atoms with E-state index in [-0.39, 0.29) is 17.2 Å². The van der Waals surface area contributed by atoms with E-state index in [9.17, 15) is 13.2 Å². The minimum Gasteiger partial charge on any atom is -0.326 e. The summed E-state index contributed by atoms with van der Waals surface area (Å²) in [7, 11) is -3.58. The lowest BCUT2D eigenvalue weighted by Gasteiger charge is -2.21. The molecular formula is C23H32N4O3S2. The topological polar surface area (TPSA) is 92.3 Å². The first-order valence-electron chi connectivity index (χ1n) is 11.0. The molecule has 2 heterocycles. The Labute approximate surface area is 195 Å². The monoisotopic (exact) mass is 476 g/mol. The van der Waals surface area contributed by atoms with Crippen molar-refractivity contribution in [3.8, 4) is 0 Å². The average Bonchev–Trinajstić information content (AvgIpc) is 3.04. The van der Waals surface area contributed by atoms with Gasteiger partial charge in [0.2, 0.25) is 15.9 Å². The summed E-state index contributed by atoms with van der Waals surface area (Å²) in [5.41, 5.74) is 3.93. The molecule has 1 fully saturated rings. The molecule has 1 saturated heterocycles. The largest absolute Gasteiger partial charge is 0.326 e. The number of nitrogens with zero attached hydrogens (tertiary/aromatic N) is 3. The highest BCUT2D eigenvalue weighted by Crippen LogP contribution is 2.26. The maximum Gasteiger partial charge on any atom is 0.243 e. The van der Waals surface area contributed by atoms with Gasteiger partial charge in [0.1, 0.15) is 0 Å². The zero-order valence-electron chi connectivity index (χ0n) is 19.3. The Kier molecular flexibility index (Phi) is 8.30. The predicted octanol–water partition coefficient (Wildman–Crippen LogP) is 4.26. The van der Waals surface area contributed by atoms with Crippen LogP contribution in [0.5, 0.6) is 0 Å². The zero-order chi connectivity index (χ0) is 23.3. The molecule has 2 aromatic rings. The Bertz CT molecular complexity index is 1060. The molecular weight excluding hydrogens is 444 g/mol. The van der Waals surface area contributed by atoms with Gasteiger partial charge in [-0.3, -0.25) is 4.79 Å². The first-order chi connectivity index (χ1) is 15.2. The third-order valence-corrected chi connectivity index (χ3v) is 8.43. The fraction of sp³-hybridized carbons (Fsp3) is 0.522. The minimum atomic E-state index is -3.58. The van der Waals surface area contributed by atoms with Crippen LogP contribution in [-0.2, 0) is 21.2 Å². The van der Waals surface area contributed by atoms with Crippen LogP contribution in [0.3, 0.4) is 0 Å². The fourth-order valence-corrected chi connectivity index (χ4v) is 6.23. The molecule has 174 valence electrons. The number of benzene rings is 1. The number of amides is 1. The molecule has 0 radical (unpaired) electrons. The molecule has 1 aliphatic heterocycles. The van der Waals surface area contributed by atoms with Gasteiger partial charge < -0.3 is 5.32 Å². The number of thioether (sulfide) groups is 1. The van der Waals surface area contributed by atoms with Gasteiger partial charge in [0.25, 0.3) is 0 Å². The van der Waals surface area contributed by atoms with Gasteiger partial charge in [0.15, 0.2) is 5.16 Å². The Morgan fingerprint density at radius 3 is 2.28 bits per heavy atom. The van der Waals surface area contributed by atoms with Crippen molar-refractivity contribution in [1.29, 1.82) is 0 Å². The molecule has 1 aliphatic rings. The molecule has 1 aromatic heterocycles. The Balaban J connectivity index is 1.71. The van der Waals surface area contributed by atoms with E-state index < -0.39 is 10.0 Å². The van der Waals surface area contributed by atoms with Gasteiger partial charge in [0.05, 0.1) is 4.90 Å². The van der Waals surface area contributed by atoms with E-state index in [1.165, 1.54) is 11.8 Å². The molecule has 0 spiro atoms. The van der Waals surface area contributed by atoms with E-state index in [2.05, 4.69) is 15.3 Å². The zero-order valence-corrected chi connectivity index (χ0v) is 20.9. The van der Waals surface area contributed by atoms with Crippen molar-refractivity contribution in [2.45, 2.75) is 69.3 Å². The standard InChI is InChI=1S/C23H32N4O3S2/c1-16-9-10-19(15-21(16)32(29,30)27-13-7-5-6-8-14-27)26-22(28)12-11-20-17(2)24-23(31-4)25-18(20)3/h9-10,15H,5-8,11-14H2,1-4H3,(H,26,28). The summed E-state index contributed by atoms with van der Waals surface area (Å²) < 4.78 is 28.0. The molecule has 0 bridgehead atoms. The van der Waals surface area contributed by atoms with Crippen molar-refractivity contribution in [2.24, 2.45) is 0 Å². The molecule has 1 amide bonds. The van der Waals surface area contributed by atoms with Crippen LogP contribution in [0, 0.1) is 20.8 Å². The number of rotatable bonds is 7. The van der Waals surface area contributed by atoms with Crippen LogP contribution in [0.1, 0.15) is 54.6 Å². The van der Waals surface area contributed by atoms with Gasteiger partial charge in [-0.25, -0.2) is 18.4 Å². The number of hydrogen-bond donors (Lipinski definition) is 1. The smallest absolute Gasteiger partial charge is 0.243 e. The van der Waals surface area contributed by atoms with Gasteiger partial charge in [-0.1, -0.05) is 30.7 Å². The van der Waals surface area contributed by atoms with Gasteiger partial charge >= 0.3 is 0 Å². The third kappa shape index (κ3) is 5.88. The molecule has 0 unspecified atom stereocenters. The maximum absolute atomic E-state index is 13.2. The number of sulfonamides is 1. The predicted molar refractivity (Wildman–Crippen MR) is 129 cm³/mol. The second kappa shape index (κ2) is 10.8. The molecule has 0 aliphatic carbocycles. The number of carbonyl (C=O) groups excluding carboxylic acids is 1. The SMILES string of the molecule is CSc1nc(C)c(CCC(=O)Nc2ccc(C)c(S(=O)(=O)N3CCCCCC3)c2)c(C)n1. The van der Waals surface area contributed by atoms with Gasteiger partial charge in [-0.05, 0) is 69.5 Å². The third-order valence-electron chi connectivity index (χ3n) is 5.84. The van der Waals surface area contributed by atoms with Crippen molar-refractivity contribution in [3.63, 3.8) is 0 Å². The second-order valence-corrected chi connectivity index (χ2v) is 10.9. The molecule has 3 rings (SSSR count). The average molecular weight is 477 g/mol. The summed E-state index contributed by atoms with van der Waals surface area (Å²) in [5, 5.41) is 3.59. The lowest BCUT2D eigenvalue weighted by molar-refractivity contribution is -0.116. The quantitative estimate of drug-likeness (QED) is 0.474. The summed E-state index contributed by atoms with van der Waals surface area (Å²) in [5.74, 6) is -0.167. The highest BCUT2D eigenvalue weighted by atomic mass is 32.2. The van der Waals surface area contributed by atoms with E-state index in [4.69, 9.17) is 0 Å². The summed E-state index contributed by atoms with van der Waals surface area (Å²) in [6, 6.07) is 5.09. The lowest BCUT2D eigenvalue weighted by atomic mass is 10.1. The van der Waals surface area contributed by atoms with Gasteiger partial charge in [-0.15, -0.1) is 0 Å². The highest BCUT2D eigenvalue weighted by Gasteiger charge is 2.27. The summed E-state index contributed by atoms with van der Waals surface area (Å²) >= 11 is 1.49. The summed E-state index contributed by atoms with van der Waals surface area (Å²) in [4.78, 5) is 21.8. The van der Waals surface area contributed by atoms with Crippen molar-refractivity contribution in [3.05, 3.63) is 40.7 Å². The number of aryl methyl sites for hydroxylation is 3. The molecule has 0 saturated carbocycles. The Morgan fingerprint density at radius 1 is 1.06 bits per heavy atom. The van der Waals surface area contributed by atoms with Crippen molar-refractivity contribution in [1.82, 2.24) is 14.3 Å². The van der Waals surface area contributed by atoms with Crippen molar-refractivity contribution < 1.29 is 13.2 Å². The molecule has 1 aromatic carbocycles. The Morgan fingerprint density at radius 2 is 1.69 bits per heavy atom. The molecule has 7 nitrogen and oxygen atoms in total. The van der Waals surface area contributed by atoms with Crippen LogP contribution in [0.15, 0.2) is 28.3 Å². The van der Waals surface area contributed by atoms with Gasteiger partial charge in [0, 0.05) is 36.6 Å². The minimum absolute atomic E-state index is 0.167. The molecule has 9 heteroatoms. The number of hydrogen-bond acceptors (Lipinski definition) is 6. The first kappa shape index (κ1) is 24.7. The van der Waals surface area contributed by atoms with Crippen LogP contribution in [0.2, 0.25) is 0 Å². The normalized spacial score (nSPS) is 15.4. The molecule has 1 N–H and O–H groups in total. The number of carbonyl (C=O) groups is 1. The van der Waals surface area contributed by atoms with Crippen LogP contribution < -0.4 is 5.32 Å². The van der Waals surface area contributed by atoms with E-state index in [0.717, 1.165) is 47.8 Å².